The van der Waals surface area contributed by atoms with Crippen molar-refractivity contribution in [2.45, 2.75) is 21.6 Å². The Morgan fingerprint density at radius 3 is 1.36 bits per heavy atom. The number of rotatable bonds is 4. The van der Waals surface area contributed by atoms with Crippen LogP contribution in [0.15, 0.2) is 48.5 Å². The van der Waals surface area contributed by atoms with Crippen LogP contribution in [0.1, 0.15) is 17.5 Å². The third kappa shape index (κ3) is 1.43. The molecule has 2 fully saturated rings. The Labute approximate surface area is 140 Å². The van der Waals surface area contributed by atoms with Crippen molar-refractivity contribution >= 4 is 23.2 Å². The van der Waals surface area contributed by atoms with Crippen molar-refractivity contribution in [1.82, 2.24) is 0 Å². The second kappa shape index (κ2) is 4.33. The quantitative estimate of drug-likeness (QED) is 0.768. The van der Waals surface area contributed by atoms with Crippen LogP contribution in [0, 0.1) is 0 Å². The smallest absolute Gasteiger partial charge is 0.139 e. The van der Waals surface area contributed by atoms with Gasteiger partial charge >= 0.3 is 0 Å². The zero-order valence-corrected chi connectivity index (χ0v) is 13.9. The molecule has 4 rings (SSSR count). The van der Waals surface area contributed by atoms with Crippen LogP contribution < -0.4 is 9.47 Å². The van der Waals surface area contributed by atoms with E-state index in [2.05, 4.69) is 24.3 Å². The Kier molecular flexibility index (Phi) is 2.80. The fourth-order valence-corrected chi connectivity index (χ4v) is 5.14. The van der Waals surface area contributed by atoms with E-state index in [9.17, 15) is 0 Å². The molecule has 2 aliphatic carbocycles. The Morgan fingerprint density at radius 2 is 1.09 bits per heavy atom. The molecule has 114 valence electrons. The lowest BCUT2D eigenvalue weighted by atomic mass is 10.0. The molecule has 0 aromatic heterocycles. The Hall–Kier alpha value is -1.38. The van der Waals surface area contributed by atoms with Gasteiger partial charge in [0.2, 0.25) is 0 Å². The summed E-state index contributed by atoms with van der Waals surface area (Å²) in [5.41, 5.74) is 2.00. The van der Waals surface area contributed by atoms with Gasteiger partial charge in [0, 0.05) is 10.8 Å². The van der Waals surface area contributed by atoms with Gasteiger partial charge in [0.05, 0.1) is 14.2 Å². The summed E-state index contributed by atoms with van der Waals surface area (Å²) in [5.74, 6) is 1.68. The molecular formula is C18H16Cl2O2. The SMILES string of the molecule is COc1ccc(C23CC2(c2ccc(OC)cc2)C3(Cl)Cl)cc1. The predicted molar refractivity (Wildman–Crippen MR) is 88.4 cm³/mol. The number of hydrogen-bond acceptors (Lipinski definition) is 2. The Morgan fingerprint density at radius 1 is 0.727 bits per heavy atom. The van der Waals surface area contributed by atoms with E-state index in [1.54, 1.807) is 14.2 Å². The Balaban J connectivity index is 1.72. The first-order chi connectivity index (χ1) is 10.5. The second-order valence-electron chi connectivity index (χ2n) is 6.02. The molecule has 2 aliphatic rings. The molecule has 0 N–H and O–H groups in total. The average molecular weight is 335 g/mol. The van der Waals surface area contributed by atoms with Crippen LogP contribution in [0.2, 0.25) is 0 Å². The number of alkyl halides is 2. The molecule has 0 heterocycles. The van der Waals surface area contributed by atoms with Crippen LogP contribution in [-0.4, -0.2) is 18.6 Å². The van der Waals surface area contributed by atoms with Crippen molar-refractivity contribution in [3.63, 3.8) is 0 Å². The first-order valence-electron chi connectivity index (χ1n) is 7.20. The highest BCUT2D eigenvalue weighted by Gasteiger charge is 3.00. The summed E-state index contributed by atoms with van der Waals surface area (Å²) in [6.45, 7) is 0. The molecule has 2 aromatic rings. The first kappa shape index (κ1) is 14.2. The number of halogens is 2. The highest BCUT2D eigenvalue weighted by atomic mass is 35.5. The zero-order valence-electron chi connectivity index (χ0n) is 12.4. The van der Waals surface area contributed by atoms with Crippen LogP contribution in [-0.2, 0) is 10.8 Å². The maximum absolute atomic E-state index is 6.67. The molecule has 2 atom stereocenters. The molecule has 0 aliphatic heterocycles. The maximum atomic E-state index is 6.67. The number of hydrogen-bond donors (Lipinski definition) is 0. The number of methoxy groups -OCH3 is 2. The minimum Gasteiger partial charge on any atom is -0.497 e. The van der Waals surface area contributed by atoms with E-state index in [1.807, 2.05) is 24.3 Å². The lowest BCUT2D eigenvalue weighted by Crippen LogP contribution is -2.17. The van der Waals surface area contributed by atoms with Crippen molar-refractivity contribution in [3.05, 3.63) is 59.7 Å². The van der Waals surface area contributed by atoms with Crippen molar-refractivity contribution in [1.29, 1.82) is 0 Å². The molecular weight excluding hydrogens is 319 g/mol. The van der Waals surface area contributed by atoms with Crippen molar-refractivity contribution in [2.24, 2.45) is 0 Å². The third-order valence-corrected chi connectivity index (χ3v) is 6.60. The van der Waals surface area contributed by atoms with Crippen LogP contribution in [0.5, 0.6) is 11.5 Å². The minimum atomic E-state index is -0.747. The molecule has 2 unspecified atom stereocenters. The summed E-state index contributed by atoms with van der Waals surface area (Å²) in [5, 5.41) is 0. The highest BCUT2D eigenvalue weighted by molar-refractivity contribution is 6.55. The molecule has 2 saturated carbocycles. The van der Waals surface area contributed by atoms with E-state index < -0.39 is 4.33 Å². The number of benzene rings is 2. The van der Waals surface area contributed by atoms with Crippen molar-refractivity contribution < 1.29 is 9.47 Å². The van der Waals surface area contributed by atoms with E-state index in [1.165, 1.54) is 11.1 Å². The average Bonchev–Trinajstić information content (AvgIpc) is 3.39. The molecule has 22 heavy (non-hydrogen) atoms. The largest absolute Gasteiger partial charge is 0.497 e. The lowest BCUT2D eigenvalue weighted by molar-refractivity contribution is 0.414. The van der Waals surface area contributed by atoms with Gasteiger partial charge in [-0.1, -0.05) is 47.5 Å². The fraction of sp³-hybridized carbons (Fsp3) is 0.333. The van der Waals surface area contributed by atoms with Gasteiger partial charge in [0.1, 0.15) is 15.8 Å². The van der Waals surface area contributed by atoms with Crippen LogP contribution in [0.4, 0.5) is 0 Å². The van der Waals surface area contributed by atoms with Crippen LogP contribution >= 0.6 is 23.2 Å². The molecule has 0 spiro atoms. The standard InChI is InChI=1S/C18H16Cl2O2/c1-21-14-7-3-12(4-8-14)16-11-17(16,18(16,19)20)13-5-9-15(22-2)10-6-13/h3-10H,11H2,1-2H3. The number of fused-ring (bicyclic) bond motifs is 1. The molecule has 0 radical (unpaired) electrons. The van der Waals surface area contributed by atoms with Gasteiger partial charge in [-0.25, -0.2) is 0 Å². The summed E-state index contributed by atoms with van der Waals surface area (Å²) < 4.78 is 9.70. The summed E-state index contributed by atoms with van der Waals surface area (Å²) >= 11 is 13.3. The zero-order chi connectivity index (χ0) is 15.6. The topological polar surface area (TPSA) is 18.5 Å². The van der Waals surface area contributed by atoms with Gasteiger partial charge in [-0.15, -0.1) is 0 Å². The lowest BCUT2D eigenvalue weighted by Gasteiger charge is -2.17. The van der Waals surface area contributed by atoms with Crippen LogP contribution in [0.25, 0.3) is 0 Å². The number of ether oxygens (including phenoxy) is 2. The van der Waals surface area contributed by atoms with E-state index in [0.29, 0.717) is 0 Å². The Bertz CT molecular complexity index is 662. The van der Waals surface area contributed by atoms with Gasteiger partial charge in [-0.05, 0) is 41.8 Å². The van der Waals surface area contributed by atoms with Crippen molar-refractivity contribution in [2.75, 3.05) is 14.2 Å². The summed E-state index contributed by atoms with van der Waals surface area (Å²) in [6, 6.07) is 16.1. The molecule has 0 bridgehead atoms. The summed E-state index contributed by atoms with van der Waals surface area (Å²) in [6.07, 6.45) is 0.978. The minimum absolute atomic E-state index is 0.177. The van der Waals surface area contributed by atoms with E-state index in [-0.39, 0.29) is 10.8 Å². The first-order valence-corrected chi connectivity index (χ1v) is 7.96. The van der Waals surface area contributed by atoms with E-state index >= 15 is 0 Å². The van der Waals surface area contributed by atoms with E-state index in [0.717, 1.165) is 17.9 Å². The van der Waals surface area contributed by atoms with Crippen molar-refractivity contribution in [3.8, 4) is 11.5 Å². The molecule has 2 nitrogen and oxygen atoms in total. The van der Waals surface area contributed by atoms with Crippen LogP contribution in [0.3, 0.4) is 0 Å². The van der Waals surface area contributed by atoms with E-state index in [4.69, 9.17) is 32.7 Å². The normalized spacial score (nSPS) is 30.4. The third-order valence-electron chi connectivity index (χ3n) is 5.31. The van der Waals surface area contributed by atoms with Gasteiger partial charge in [0.15, 0.2) is 0 Å². The van der Waals surface area contributed by atoms with Gasteiger partial charge in [-0.2, -0.15) is 0 Å². The molecule has 2 aromatic carbocycles. The van der Waals surface area contributed by atoms with Gasteiger partial charge in [-0.3, -0.25) is 0 Å². The molecule has 4 heteroatoms. The fourth-order valence-electron chi connectivity index (χ4n) is 3.89. The monoisotopic (exact) mass is 334 g/mol. The van der Waals surface area contributed by atoms with Gasteiger partial charge in [0.25, 0.3) is 0 Å². The predicted octanol–water partition coefficient (Wildman–Crippen LogP) is 4.47. The molecule has 0 amide bonds. The second-order valence-corrected chi connectivity index (χ2v) is 7.35. The van der Waals surface area contributed by atoms with Gasteiger partial charge < -0.3 is 9.47 Å². The summed E-state index contributed by atoms with van der Waals surface area (Å²) in [7, 11) is 3.33. The maximum Gasteiger partial charge on any atom is 0.139 e. The summed E-state index contributed by atoms with van der Waals surface area (Å²) in [4.78, 5) is 0. The molecule has 0 saturated heterocycles. The highest BCUT2D eigenvalue weighted by Crippen LogP contribution is 2.95.